The van der Waals surface area contributed by atoms with Gasteiger partial charge in [0.05, 0.1) is 0 Å². The monoisotopic (exact) mass is 334 g/mol. The van der Waals surface area contributed by atoms with Crippen LogP contribution in [0.5, 0.6) is 0 Å². The molecule has 0 bridgehead atoms. The van der Waals surface area contributed by atoms with Gasteiger partial charge < -0.3 is 15.6 Å². The number of nitrogens with one attached hydrogen (secondary N) is 3. The van der Waals surface area contributed by atoms with Gasteiger partial charge in [0.15, 0.2) is 0 Å². The Bertz CT molecular complexity index is 947. The molecule has 3 N–H and O–H groups in total. The molecule has 6 heteroatoms. The summed E-state index contributed by atoms with van der Waals surface area (Å²) in [5, 5.41) is 6.88. The fraction of sp³-hybridized carbons (Fsp3) is 0.211. The molecule has 0 saturated heterocycles. The van der Waals surface area contributed by atoms with Crippen LogP contribution in [0, 0.1) is 0 Å². The fourth-order valence-corrected chi connectivity index (χ4v) is 3.34. The summed E-state index contributed by atoms with van der Waals surface area (Å²) in [6, 6.07) is 9.07. The number of amides is 2. The highest BCUT2D eigenvalue weighted by atomic mass is 16.2. The number of rotatable bonds is 4. The van der Waals surface area contributed by atoms with Crippen LogP contribution < -0.4 is 10.6 Å². The Balaban J connectivity index is 1.53. The number of H-pyrrole nitrogens is 1. The van der Waals surface area contributed by atoms with Crippen molar-refractivity contribution in [3.63, 3.8) is 0 Å². The Morgan fingerprint density at radius 3 is 3.00 bits per heavy atom. The third kappa shape index (κ3) is 2.87. The highest BCUT2D eigenvalue weighted by molar-refractivity contribution is 6.03. The maximum Gasteiger partial charge on any atom is 0.269 e. The lowest BCUT2D eigenvalue weighted by Gasteiger charge is -2.18. The number of aromatic amines is 1. The lowest BCUT2D eigenvalue weighted by Crippen LogP contribution is -2.32. The maximum atomic E-state index is 12.1. The fourth-order valence-electron chi connectivity index (χ4n) is 3.34. The molecular weight excluding hydrogens is 316 g/mol. The van der Waals surface area contributed by atoms with Crippen LogP contribution in [0.3, 0.4) is 0 Å². The summed E-state index contributed by atoms with van der Waals surface area (Å²) in [5.74, 6) is -0.194. The zero-order valence-corrected chi connectivity index (χ0v) is 13.6. The Labute approximate surface area is 144 Å². The molecule has 126 valence electrons. The van der Waals surface area contributed by atoms with E-state index in [1.54, 1.807) is 24.4 Å². The van der Waals surface area contributed by atoms with Crippen LogP contribution in [0.1, 0.15) is 32.0 Å². The number of hydrogen-bond acceptors (Lipinski definition) is 3. The van der Waals surface area contributed by atoms with Crippen LogP contribution in [-0.2, 0) is 12.8 Å². The molecule has 0 saturated carbocycles. The molecule has 0 spiro atoms. The van der Waals surface area contributed by atoms with Gasteiger partial charge >= 0.3 is 0 Å². The van der Waals surface area contributed by atoms with E-state index in [2.05, 4.69) is 20.6 Å². The Hall–Kier alpha value is -3.15. The van der Waals surface area contributed by atoms with Crippen molar-refractivity contribution < 1.29 is 9.59 Å². The summed E-state index contributed by atoms with van der Waals surface area (Å²) in [6.45, 7) is 1.17. The first-order valence-electron chi connectivity index (χ1n) is 8.33. The summed E-state index contributed by atoms with van der Waals surface area (Å²) in [6.07, 6.45) is 5.08. The Morgan fingerprint density at radius 2 is 2.16 bits per heavy atom. The largest absolute Gasteiger partial charge is 0.361 e. The van der Waals surface area contributed by atoms with Crippen molar-refractivity contribution in [2.24, 2.45) is 0 Å². The molecule has 6 nitrogen and oxygen atoms in total. The lowest BCUT2D eigenvalue weighted by atomic mass is 9.94. The van der Waals surface area contributed by atoms with Gasteiger partial charge in [-0.05, 0) is 48.2 Å². The van der Waals surface area contributed by atoms with Crippen LogP contribution in [0.2, 0.25) is 0 Å². The second kappa shape index (κ2) is 6.39. The van der Waals surface area contributed by atoms with Gasteiger partial charge in [-0.2, -0.15) is 0 Å². The minimum Gasteiger partial charge on any atom is -0.361 e. The van der Waals surface area contributed by atoms with E-state index >= 15 is 0 Å². The Kier molecular flexibility index (Phi) is 3.93. The second-order valence-electron chi connectivity index (χ2n) is 6.05. The first kappa shape index (κ1) is 15.4. The van der Waals surface area contributed by atoms with Crippen LogP contribution in [0.15, 0.2) is 42.7 Å². The first-order valence-corrected chi connectivity index (χ1v) is 8.33. The molecular formula is C19H18N4O2. The van der Waals surface area contributed by atoms with Crippen LogP contribution in [0.4, 0.5) is 0 Å². The van der Waals surface area contributed by atoms with Gasteiger partial charge in [-0.15, -0.1) is 0 Å². The van der Waals surface area contributed by atoms with E-state index in [4.69, 9.17) is 0 Å². The number of fused-ring (bicyclic) bond motifs is 3. The number of aromatic nitrogens is 2. The quantitative estimate of drug-likeness (QED) is 0.680. The van der Waals surface area contributed by atoms with Gasteiger partial charge in [0.1, 0.15) is 5.69 Å². The standard InChI is InChI=1S/C19H18N4O2/c24-18-14-4-5-15-17(13(14)7-10-21-18)12(11-23-15)6-9-22-19(25)16-3-1-2-8-20-16/h1-5,8,11,23H,6-7,9-10H2,(H,21,24)(H,22,25). The third-order valence-electron chi connectivity index (χ3n) is 4.52. The second-order valence-corrected chi connectivity index (χ2v) is 6.05. The van der Waals surface area contributed by atoms with Gasteiger partial charge in [0, 0.05) is 41.9 Å². The SMILES string of the molecule is O=C(NCCc1c[nH]c2ccc3c(c12)CCNC3=O)c1ccccn1. The zero-order valence-electron chi connectivity index (χ0n) is 13.6. The predicted octanol–water partition coefficient (Wildman–Crippen LogP) is 1.82. The van der Waals surface area contributed by atoms with Crippen molar-refractivity contribution in [2.45, 2.75) is 12.8 Å². The van der Waals surface area contributed by atoms with E-state index < -0.39 is 0 Å². The summed E-state index contributed by atoms with van der Waals surface area (Å²) >= 11 is 0. The van der Waals surface area contributed by atoms with Crippen molar-refractivity contribution in [1.29, 1.82) is 0 Å². The van der Waals surface area contributed by atoms with E-state index in [9.17, 15) is 9.59 Å². The lowest BCUT2D eigenvalue weighted by molar-refractivity contribution is 0.0939. The molecule has 1 aromatic carbocycles. The van der Waals surface area contributed by atoms with Crippen molar-refractivity contribution in [1.82, 2.24) is 20.6 Å². The van der Waals surface area contributed by atoms with E-state index in [0.717, 1.165) is 34.0 Å². The highest BCUT2D eigenvalue weighted by Crippen LogP contribution is 2.28. The molecule has 2 amide bonds. The topological polar surface area (TPSA) is 86.9 Å². The van der Waals surface area contributed by atoms with Crippen molar-refractivity contribution in [3.8, 4) is 0 Å². The zero-order chi connectivity index (χ0) is 17.2. The van der Waals surface area contributed by atoms with Crippen LogP contribution >= 0.6 is 0 Å². The molecule has 25 heavy (non-hydrogen) atoms. The Morgan fingerprint density at radius 1 is 1.24 bits per heavy atom. The van der Waals surface area contributed by atoms with Gasteiger partial charge in [0.25, 0.3) is 11.8 Å². The number of pyridine rings is 1. The summed E-state index contributed by atoms with van der Waals surface area (Å²) in [5.41, 5.74) is 4.39. The molecule has 3 aromatic rings. The van der Waals surface area contributed by atoms with E-state index in [1.165, 1.54) is 0 Å². The third-order valence-corrected chi connectivity index (χ3v) is 4.52. The van der Waals surface area contributed by atoms with Gasteiger partial charge in [0.2, 0.25) is 0 Å². The number of carbonyl (C=O) groups is 2. The summed E-state index contributed by atoms with van der Waals surface area (Å²) in [4.78, 5) is 31.4. The molecule has 3 heterocycles. The molecule has 0 radical (unpaired) electrons. The minimum atomic E-state index is -0.179. The van der Waals surface area contributed by atoms with Gasteiger partial charge in [-0.1, -0.05) is 6.07 Å². The molecule has 1 aliphatic rings. The molecule has 0 fully saturated rings. The summed E-state index contributed by atoms with van der Waals surface area (Å²) in [7, 11) is 0. The maximum absolute atomic E-state index is 12.1. The van der Waals surface area contributed by atoms with E-state index in [1.807, 2.05) is 18.3 Å². The smallest absolute Gasteiger partial charge is 0.269 e. The van der Waals surface area contributed by atoms with Crippen molar-refractivity contribution >= 4 is 22.7 Å². The molecule has 2 aromatic heterocycles. The normalized spacial score (nSPS) is 13.4. The van der Waals surface area contributed by atoms with Crippen LogP contribution in [0.25, 0.3) is 10.9 Å². The number of carbonyl (C=O) groups excluding carboxylic acids is 2. The molecule has 0 aliphatic carbocycles. The van der Waals surface area contributed by atoms with Crippen LogP contribution in [-0.4, -0.2) is 34.9 Å². The highest BCUT2D eigenvalue weighted by Gasteiger charge is 2.20. The van der Waals surface area contributed by atoms with Gasteiger partial charge in [-0.25, -0.2) is 0 Å². The predicted molar refractivity (Wildman–Crippen MR) is 94.6 cm³/mol. The first-order chi connectivity index (χ1) is 12.2. The number of hydrogen-bond donors (Lipinski definition) is 3. The average molecular weight is 334 g/mol. The minimum absolute atomic E-state index is 0.0150. The van der Waals surface area contributed by atoms with Crippen molar-refractivity contribution in [3.05, 3.63) is 65.1 Å². The summed E-state index contributed by atoms with van der Waals surface area (Å²) < 4.78 is 0. The molecule has 4 rings (SSSR count). The molecule has 0 unspecified atom stereocenters. The van der Waals surface area contributed by atoms with E-state index in [-0.39, 0.29) is 11.8 Å². The number of benzene rings is 1. The van der Waals surface area contributed by atoms with Gasteiger partial charge in [-0.3, -0.25) is 14.6 Å². The average Bonchev–Trinajstić information content (AvgIpc) is 3.06. The van der Waals surface area contributed by atoms with Crippen molar-refractivity contribution in [2.75, 3.05) is 13.1 Å². The van der Waals surface area contributed by atoms with E-state index in [0.29, 0.717) is 25.2 Å². The molecule has 1 aliphatic heterocycles. The molecule has 0 atom stereocenters. The number of nitrogens with zero attached hydrogens (tertiary/aromatic N) is 1.